The van der Waals surface area contributed by atoms with Crippen LogP contribution in [-0.2, 0) is 25.5 Å². The van der Waals surface area contributed by atoms with Gasteiger partial charge in [-0.2, -0.15) is 11.8 Å². The number of benzene rings is 1. The zero-order chi connectivity index (χ0) is 22.8. The molecule has 0 aromatic heterocycles. The first-order valence-electron chi connectivity index (χ1n) is 10.6. The molecule has 0 spiro atoms. The van der Waals surface area contributed by atoms with E-state index in [2.05, 4.69) is 10.6 Å². The molecule has 0 aliphatic carbocycles. The molecule has 31 heavy (non-hydrogen) atoms. The summed E-state index contributed by atoms with van der Waals surface area (Å²) >= 11 is 1.56. The summed E-state index contributed by atoms with van der Waals surface area (Å²) in [5, 5.41) is 5.47. The van der Waals surface area contributed by atoms with Crippen LogP contribution in [0.2, 0.25) is 0 Å². The lowest BCUT2D eigenvalue weighted by Gasteiger charge is -2.25. The maximum Gasteiger partial charge on any atom is 0.329 e. The number of ether oxygens (including phenoxy) is 2. The molecule has 2 aliphatic rings. The van der Waals surface area contributed by atoms with Crippen molar-refractivity contribution in [3.05, 3.63) is 29.8 Å². The van der Waals surface area contributed by atoms with E-state index in [4.69, 9.17) is 15.2 Å². The van der Waals surface area contributed by atoms with E-state index in [-0.39, 0.29) is 5.92 Å². The molecule has 0 unspecified atom stereocenters. The molecular formula is C22H33N3O5S. The highest BCUT2D eigenvalue weighted by Crippen LogP contribution is 2.15. The summed E-state index contributed by atoms with van der Waals surface area (Å²) < 4.78 is 10.6. The molecule has 0 saturated carbocycles. The molecule has 8 nitrogen and oxygen atoms in total. The highest BCUT2D eigenvalue weighted by atomic mass is 32.2. The average molecular weight is 452 g/mol. The van der Waals surface area contributed by atoms with Gasteiger partial charge in [-0.1, -0.05) is 26.0 Å². The van der Waals surface area contributed by atoms with Gasteiger partial charge >= 0.3 is 5.97 Å². The van der Waals surface area contributed by atoms with Crippen LogP contribution < -0.4 is 21.1 Å². The number of carbonyl (C=O) groups excluding carboxylic acids is 3. The van der Waals surface area contributed by atoms with Crippen LogP contribution in [0.1, 0.15) is 32.3 Å². The first kappa shape index (κ1) is 25.0. The Balaban J connectivity index is 2.18. The zero-order valence-electron chi connectivity index (χ0n) is 18.4. The standard InChI is InChI=1S/C22H33N3O5S/c1-14(2)19-21(27)24-18(22(28)29-3)13-31-11-5-4-10-30-16-8-6-15(7-9-16)12-17(23)20(26)25-19/h6-9,14,17-19H,4-5,10-13,23H2,1-3H3,(H,24,27)(H,25,26)/t17-,18-,19-/m0/s1. The minimum Gasteiger partial charge on any atom is -0.494 e. The minimum absolute atomic E-state index is 0.187. The maximum absolute atomic E-state index is 12.9. The van der Waals surface area contributed by atoms with E-state index in [1.54, 1.807) is 11.8 Å². The van der Waals surface area contributed by atoms with Gasteiger partial charge in [0.05, 0.1) is 19.8 Å². The number of hydrogen-bond donors (Lipinski definition) is 3. The molecule has 3 rings (SSSR count). The third-order valence-corrected chi connectivity index (χ3v) is 6.15. The van der Waals surface area contributed by atoms with E-state index in [1.165, 1.54) is 7.11 Å². The number of rotatable bonds is 2. The maximum atomic E-state index is 12.9. The Morgan fingerprint density at radius 1 is 1.16 bits per heavy atom. The Hall–Kier alpha value is -2.26. The molecule has 3 atom stereocenters. The molecule has 2 aliphatic heterocycles. The molecule has 1 aromatic rings. The van der Waals surface area contributed by atoms with Crippen molar-refractivity contribution in [3.63, 3.8) is 0 Å². The lowest BCUT2D eigenvalue weighted by Crippen LogP contribution is -2.57. The molecule has 4 N–H and O–H groups in total. The summed E-state index contributed by atoms with van der Waals surface area (Å²) in [6.45, 7) is 4.24. The zero-order valence-corrected chi connectivity index (χ0v) is 19.2. The smallest absolute Gasteiger partial charge is 0.329 e. The molecule has 1 aromatic carbocycles. The Bertz CT molecular complexity index is 741. The Labute approximate surface area is 188 Å². The van der Waals surface area contributed by atoms with Crippen molar-refractivity contribution >= 4 is 29.5 Å². The van der Waals surface area contributed by atoms with Crippen molar-refractivity contribution in [2.45, 2.75) is 51.2 Å². The van der Waals surface area contributed by atoms with Crippen molar-refractivity contribution in [1.82, 2.24) is 10.6 Å². The van der Waals surface area contributed by atoms with Crippen molar-refractivity contribution in [1.29, 1.82) is 0 Å². The molecule has 172 valence electrons. The molecule has 0 fully saturated rings. The number of carbonyl (C=O) groups is 3. The highest BCUT2D eigenvalue weighted by molar-refractivity contribution is 7.99. The van der Waals surface area contributed by atoms with Crippen LogP contribution in [0.3, 0.4) is 0 Å². The number of nitrogens with one attached hydrogen (secondary N) is 2. The number of esters is 1. The number of fused-ring (bicyclic) bond motifs is 16. The predicted octanol–water partition coefficient (Wildman–Crippen LogP) is 1.26. The van der Waals surface area contributed by atoms with Crippen LogP contribution in [0.4, 0.5) is 0 Å². The lowest BCUT2D eigenvalue weighted by molar-refractivity contribution is -0.144. The van der Waals surface area contributed by atoms with Gasteiger partial charge in [0.1, 0.15) is 17.8 Å². The van der Waals surface area contributed by atoms with Crippen LogP contribution >= 0.6 is 11.8 Å². The van der Waals surface area contributed by atoms with Gasteiger partial charge in [0.2, 0.25) is 11.8 Å². The lowest BCUT2D eigenvalue weighted by atomic mass is 10.0. The summed E-state index contributed by atoms with van der Waals surface area (Å²) in [7, 11) is 1.29. The second-order valence-corrected chi connectivity index (χ2v) is 9.05. The monoisotopic (exact) mass is 451 g/mol. The molecule has 0 saturated heterocycles. The van der Waals surface area contributed by atoms with E-state index < -0.39 is 35.9 Å². The summed E-state index contributed by atoms with van der Waals surface area (Å²) in [6, 6.07) is 5.11. The first-order valence-corrected chi connectivity index (χ1v) is 11.7. The predicted molar refractivity (Wildman–Crippen MR) is 121 cm³/mol. The van der Waals surface area contributed by atoms with E-state index in [1.807, 2.05) is 38.1 Å². The average Bonchev–Trinajstić information content (AvgIpc) is 2.75. The molecule has 0 radical (unpaired) electrons. The van der Waals surface area contributed by atoms with E-state index >= 15 is 0 Å². The fraction of sp³-hybridized carbons (Fsp3) is 0.591. The Morgan fingerprint density at radius 2 is 1.87 bits per heavy atom. The summed E-state index contributed by atoms with van der Waals surface area (Å²) in [5.74, 6) is 0.435. The number of hydrogen-bond acceptors (Lipinski definition) is 7. The van der Waals surface area contributed by atoms with Gasteiger partial charge in [-0.05, 0) is 48.6 Å². The van der Waals surface area contributed by atoms with Gasteiger partial charge in [-0.3, -0.25) is 9.59 Å². The number of nitrogens with two attached hydrogens (primary N) is 1. The summed E-state index contributed by atoms with van der Waals surface area (Å²) in [5.41, 5.74) is 6.99. The van der Waals surface area contributed by atoms with Gasteiger partial charge < -0.3 is 25.8 Å². The fourth-order valence-corrected chi connectivity index (χ4v) is 4.16. The van der Waals surface area contributed by atoms with Gasteiger partial charge in [0.25, 0.3) is 0 Å². The Kier molecular flexibility index (Phi) is 10.1. The SMILES string of the molecule is COC(=O)[C@@H]1CSCCCCOc2ccc(cc2)C[C@H](N)C(=O)N[C@@H](C(C)C)C(=O)N1. The molecule has 9 heteroatoms. The Morgan fingerprint density at radius 3 is 2.52 bits per heavy atom. The third kappa shape index (κ3) is 8.06. The van der Waals surface area contributed by atoms with Gasteiger partial charge in [-0.25, -0.2) is 4.79 Å². The number of methoxy groups -OCH3 is 1. The van der Waals surface area contributed by atoms with Crippen molar-refractivity contribution in [2.75, 3.05) is 25.2 Å². The second-order valence-electron chi connectivity index (χ2n) is 7.90. The van der Waals surface area contributed by atoms with E-state index in [0.29, 0.717) is 18.8 Å². The number of amides is 2. The van der Waals surface area contributed by atoms with Gasteiger partial charge in [0.15, 0.2) is 0 Å². The van der Waals surface area contributed by atoms with Gasteiger partial charge in [-0.15, -0.1) is 0 Å². The second kappa shape index (κ2) is 12.6. The largest absolute Gasteiger partial charge is 0.494 e. The minimum atomic E-state index is -0.812. The topological polar surface area (TPSA) is 120 Å². The van der Waals surface area contributed by atoms with Crippen LogP contribution in [-0.4, -0.2) is 61.1 Å². The fourth-order valence-electron chi connectivity index (χ4n) is 3.13. The normalized spacial score (nSPS) is 24.2. The summed E-state index contributed by atoms with van der Waals surface area (Å²) in [4.78, 5) is 37.7. The molecular weight excluding hydrogens is 418 g/mol. The number of thioether (sulfide) groups is 1. The van der Waals surface area contributed by atoms with E-state index in [9.17, 15) is 14.4 Å². The van der Waals surface area contributed by atoms with Crippen molar-refractivity contribution in [3.8, 4) is 5.75 Å². The van der Waals surface area contributed by atoms with Crippen molar-refractivity contribution in [2.24, 2.45) is 11.7 Å². The van der Waals surface area contributed by atoms with E-state index in [0.717, 1.165) is 29.9 Å². The quantitative estimate of drug-likeness (QED) is 0.579. The molecule has 2 heterocycles. The molecule has 2 bridgehead atoms. The van der Waals surface area contributed by atoms with Crippen molar-refractivity contribution < 1.29 is 23.9 Å². The van der Waals surface area contributed by atoms with Crippen LogP contribution in [0.5, 0.6) is 5.75 Å². The van der Waals surface area contributed by atoms with Crippen LogP contribution in [0.25, 0.3) is 0 Å². The third-order valence-electron chi connectivity index (χ3n) is 5.00. The molecule has 2 amide bonds. The van der Waals surface area contributed by atoms with Crippen LogP contribution in [0.15, 0.2) is 24.3 Å². The van der Waals surface area contributed by atoms with Crippen LogP contribution in [0, 0.1) is 5.92 Å². The summed E-state index contributed by atoms with van der Waals surface area (Å²) in [6.07, 6.45) is 2.13. The van der Waals surface area contributed by atoms with Gasteiger partial charge in [0, 0.05) is 5.75 Å². The first-order chi connectivity index (χ1) is 14.8. The highest BCUT2D eigenvalue weighted by Gasteiger charge is 2.30.